The van der Waals surface area contributed by atoms with Crippen molar-refractivity contribution in [2.24, 2.45) is 0 Å². The molecule has 2 heterocycles. The van der Waals surface area contributed by atoms with Gasteiger partial charge >= 0.3 is 0 Å². The van der Waals surface area contributed by atoms with E-state index in [0.29, 0.717) is 18.0 Å². The number of carbonyl (C=O) groups excluding carboxylic acids is 1. The molecule has 1 amide bonds. The van der Waals surface area contributed by atoms with Crippen molar-refractivity contribution in [2.45, 2.75) is 51.1 Å². The molecule has 0 bridgehead atoms. The van der Waals surface area contributed by atoms with Crippen molar-refractivity contribution in [3.05, 3.63) is 21.9 Å². The molecule has 1 aliphatic heterocycles. The van der Waals surface area contributed by atoms with Crippen LogP contribution in [0.15, 0.2) is 11.4 Å². The van der Waals surface area contributed by atoms with E-state index >= 15 is 0 Å². The van der Waals surface area contributed by atoms with Crippen molar-refractivity contribution in [3.8, 4) is 0 Å². The minimum atomic E-state index is 0.118. The predicted octanol–water partition coefficient (Wildman–Crippen LogP) is 2.38. The van der Waals surface area contributed by atoms with Crippen LogP contribution in [0.4, 0.5) is 0 Å². The first-order valence-corrected chi connectivity index (χ1v) is 8.14. The van der Waals surface area contributed by atoms with Gasteiger partial charge in [-0.2, -0.15) is 0 Å². The second-order valence-electron chi connectivity index (χ2n) is 5.96. The zero-order valence-corrected chi connectivity index (χ0v) is 12.5. The molecule has 3 unspecified atom stereocenters. The second kappa shape index (κ2) is 5.25. The van der Waals surface area contributed by atoms with Crippen LogP contribution in [-0.2, 0) is 11.2 Å². The van der Waals surface area contributed by atoms with Crippen molar-refractivity contribution in [1.29, 1.82) is 0 Å². The van der Waals surface area contributed by atoms with E-state index in [-0.39, 0.29) is 5.92 Å². The highest BCUT2D eigenvalue weighted by atomic mass is 32.1. The Hall–Kier alpha value is -0.870. The van der Waals surface area contributed by atoms with Crippen LogP contribution in [0, 0.1) is 0 Å². The lowest BCUT2D eigenvalue weighted by atomic mass is 9.86. The summed E-state index contributed by atoms with van der Waals surface area (Å²) in [4.78, 5) is 16.3. The number of amides is 1. The average Bonchev–Trinajstić information content (AvgIpc) is 2.84. The summed E-state index contributed by atoms with van der Waals surface area (Å²) in [7, 11) is 0. The maximum absolute atomic E-state index is 12.8. The van der Waals surface area contributed by atoms with Crippen molar-refractivity contribution in [1.82, 2.24) is 10.2 Å². The van der Waals surface area contributed by atoms with Gasteiger partial charge in [-0.25, -0.2) is 0 Å². The van der Waals surface area contributed by atoms with Gasteiger partial charge < -0.3 is 10.2 Å². The molecule has 4 heteroatoms. The number of nitrogens with zero attached hydrogens (tertiary/aromatic N) is 1. The van der Waals surface area contributed by atoms with Crippen LogP contribution < -0.4 is 5.32 Å². The molecule has 0 radical (unpaired) electrons. The van der Waals surface area contributed by atoms with E-state index < -0.39 is 0 Å². The summed E-state index contributed by atoms with van der Waals surface area (Å²) < 4.78 is 0. The minimum Gasteiger partial charge on any atom is -0.339 e. The van der Waals surface area contributed by atoms with Gasteiger partial charge in [0.15, 0.2) is 0 Å². The van der Waals surface area contributed by atoms with Crippen LogP contribution >= 0.6 is 11.3 Å². The fourth-order valence-corrected chi connectivity index (χ4v) is 4.46. The van der Waals surface area contributed by atoms with Gasteiger partial charge in [0.2, 0.25) is 5.91 Å². The maximum atomic E-state index is 12.8. The summed E-state index contributed by atoms with van der Waals surface area (Å²) >= 11 is 1.81. The Labute approximate surface area is 119 Å². The number of hydrogen-bond donors (Lipinski definition) is 1. The van der Waals surface area contributed by atoms with E-state index in [2.05, 4.69) is 35.5 Å². The third-order valence-corrected chi connectivity index (χ3v) is 5.22. The highest BCUT2D eigenvalue weighted by molar-refractivity contribution is 7.10. The van der Waals surface area contributed by atoms with Gasteiger partial charge in [-0.05, 0) is 50.1 Å². The van der Waals surface area contributed by atoms with Gasteiger partial charge in [-0.3, -0.25) is 4.79 Å². The summed E-state index contributed by atoms with van der Waals surface area (Å²) in [6, 6.07) is 2.97. The number of thiophene rings is 1. The molecule has 0 aromatic carbocycles. The van der Waals surface area contributed by atoms with Crippen LogP contribution in [0.3, 0.4) is 0 Å². The topological polar surface area (TPSA) is 32.3 Å². The smallest absolute Gasteiger partial charge is 0.230 e. The average molecular weight is 278 g/mol. The predicted molar refractivity (Wildman–Crippen MR) is 78.6 cm³/mol. The quantitative estimate of drug-likeness (QED) is 0.855. The van der Waals surface area contributed by atoms with Crippen LogP contribution in [0.1, 0.15) is 43.0 Å². The fourth-order valence-electron chi connectivity index (χ4n) is 3.47. The molecule has 1 fully saturated rings. The first kappa shape index (κ1) is 13.1. The van der Waals surface area contributed by atoms with Gasteiger partial charge in [0.1, 0.15) is 0 Å². The first-order valence-electron chi connectivity index (χ1n) is 7.26. The van der Waals surface area contributed by atoms with E-state index in [9.17, 15) is 4.79 Å². The lowest BCUT2D eigenvalue weighted by Crippen LogP contribution is -2.56. The highest BCUT2D eigenvalue weighted by Gasteiger charge is 2.33. The highest BCUT2D eigenvalue weighted by Crippen LogP contribution is 2.36. The van der Waals surface area contributed by atoms with E-state index in [1.54, 1.807) is 0 Å². The number of fused-ring (bicyclic) bond motifs is 1. The van der Waals surface area contributed by atoms with Crippen LogP contribution in [0.5, 0.6) is 0 Å². The molecule has 1 aromatic heterocycles. The summed E-state index contributed by atoms with van der Waals surface area (Å²) in [6.07, 6.45) is 3.33. The number of nitrogens with one attached hydrogen (secondary N) is 1. The van der Waals surface area contributed by atoms with Crippen LogP contribution in [0.2, 0.25) is 0 Å². The third-order valence-electron chi connectivity index (χ3n) is 4.22. The Balaban J connectivity index is 1.78. The molecule has 1 saturated heterocycles. The summed E-state index contributed by atoms with van der Waals surface area (Å²) in [6.45, 7) is 6.01. The summed E-state index contributed by atoms with van der Waals surface area (Å²) in [5.74, 6) is 0.465. The first-order chi connectivity index (χ1) is 9.15. The maximum Gasteiger partial charge on any atom is 0.230 e. The molecule has 1 aliphatic carbocycles. The molecule has 3 nitrogen and oxygen atoms in total. The molecule has 2 aliphatic rings. The number of carbonyl (C=O) groups is 1. The van der Waals surface area contributed by atoms with Crippen molar-refractivity contribution >= 4 is 17.2 Å². The Bertz CT molecular complexity index is 460. The Morgan fingerprint density at radius 1 is 1.37 bits per heavy atom. The third kappa shape index (κ3) is 2.56. The number of piperazine rings is 1. The van der Waals surface area contributed by atoms with Gasteiger partial charge in [0.05, 0.1) is 5.92 Å². The van der Waals surface area contributed by atoms with Gasteiger partial charge in [-0.1, -0.05) is 0 Å². The Morgan fingerprint density at radius 2 is 2.11 bits per heavy atom. The molecule has 19 heavy (non-hydrogen) atoms. The van der Waals surface area contributed by atoms with Crippen molar-refractivity contribution in [3.63, 3.8) is 0 Å². The van der Waals surface area contributed by atoms with Crippen molar-refractivity contribution in [2.75, 3.05) is 13.1 Å². The normalized spacial score (nSPS) is 31.1. The number of hydrogen-bond acceptors (Lipinski definition) is 3. The number of rotatable bonds is 1. The van der Waals surface area contributed by atoms with Crippen LogP contribution in [-0.4, -0.2) is 36.0 Å². The monoisotopic (exact) mass is 278 g/mol. The second-order valence-corrected chi connectivity index (χ2v) is 6.96. The lowest BCUT2D eigenvalue weighted by Gasteiger charge is -2.38. The van der Waals surface area contributed by atoms with E-state index in [4.69, 9.17) is 0 Å². The largest absolute Gasteiger partial charge is 0.339 e. The molecule has 104 valence electrons. The lowest BCUT2D eigenvalue weighted by molar-refractivity contribution is -0.134. The molecule has 1 N–H and O–H groups in total. The Kier molecular flexibility index (Phi) is 3.63. The summed E-state index contributed by atoms with van der Waals surface area (Å²) in [5.41, 5.74) is 1.31. The molecular formula is C15H22N2OS. The molecule has 3 atom stereocenters. The standard InChI is InChI=1S/C15H22N2OS/c1-10-8-17(9-11(2)16-10)15(18)13-4-3-5-14-12(13)6-7-19-14/h6-7,10-11,13,16H,3-5,8-9H2,1-2H3. The van der Waals surface area contributed by atoms with Crippen LogP contribution in [0.25, 0.3) is 0 Å². The zero-order valence-electron chi connectivity index (χ0n) is 11.7. The Morgan fingerprint density at radius 3 is 2.84 bits per heavy atom. The van der Waals surface area contributed by atoms with Gasteiger partial charge in [-0.15, -0.1) is 11.3 Å². The van der Waals surface area contributed by atoms with Gasteiger partial charge in [0, 0.05) is 30.1 Å². The van der Waals surface area contributed by atoms with Gasteiger partial charge in [0.25, 0.3) is 0 Å². The van der Waals surface area contributed by atoms with E-state index in [1.807, 2.05) is 11.3 Å². The SMILES string of the molecule is CC1CN(C(=O)C2CCCc3sccc32)CC(C)N1. The fraction of sp³-hybridized carbons (Fsp3) is 0.667. The van der Waals surface area contributed by atoms with E-state index in [1.165, 1.54) is 10.4 Å². The number of aryl methyl sites for hydroxylation is 1. The molecule has 1 aromatic rings. The summed E-state index contributed by atoms with van der Waals surface area (Å²) in [5, 5.41) is 5.63. The molecule has 3 rings (SSSR count). The van der Waals surface area contributed by atoms with E-state index in [0.717, 1.165) is 32.4 Å². The minimum absolute atomic E-state index is 0.118. The molecule has 0 spiro atoms. The van der Waals surface area contributed by atoms with Crippen molar-refractivity contribution < 1.29 is 4.79 Å². The molecule has 0 saturated carbocycles. The zero-order chi connectivity index (χ0) is 13.4. The molecular weight excluding hydrogens is 256 g/mol.